The average Bonchev–Trinajstić information content (AvgIpc) is 2.48. The molecule has 3 heteroatoms. The van der Waals surface area contributed by atoms with Crippen molar-refractivity contribution in [3.05, 3.63) is 35.4 Å². The van der Waals surface area contributed by atoms with Crippen molar-refractivity contribution in [1.82, 2.24) is 0 Å². The number of nitriles is 1. The van der Waals surface area contributed by atoms with Gasteiger partial charge in [0.2, 0.25) is 0 Å². The van der Waals surface area contributed by atoms with Gasteiger partial charge < -0.3 is 5.11 Å². The van der Waals surface area contributed by atoms with Crippen molar-refractivity contribution in [1.29, 1.82) is 5.26 Å². The molecule has 1 aromatic carbocycles. The lowest BCUT2D eigenvalue weighted by atomic mass is 9.83. The second-order valence-corrected chi connectivity index (χ2v) is 5.70. The molecule has 106 valence electrons. The number of carboxylic acid groups (broad SMARTS) is 1. The van der Waals surface area contributed by atoms with E-state index in [2.05, 4.69) is 30.3 Å². The van der Waals surface area contributed by atoms with E-state index in [-0.39, 0.29) is 6.42 Å². The van der Waals surface area contributed by atoms with Crippen LogP contribution in [0.5, 0.6) is 0 Å². The van der Waals surface area contributed by atoms with Crippen LogP contribution in [0.2, 0.25) is 0 Å². The summed E-state index contributed by atoms with van der Waals surface area (Å²) in [4.78, 5) is 10.7. The molecule has 1 unspecified atom stereocenters. The molecule has 0 spiro atoms. The van der Waals surface area contributed by atoms with Crippen molar-refractivity contribution >= 4 is 5.97 Å². The standard InChI is InChI=1S/C17H21NO2/c18-12-14(11-17(19)20)10-13-6-8-16(9-7-13)15-4-2-1-3-5-15/h6-9,14-15H,1-5,10-11H2,(H,19,20). The zero-order valence-corrected chi connectivity index (χ0v) is 11.7. The smallest absolute Gasteiger partial charge is 0.304 e. The van der Waals surface area contributed by atoms with E-state index in [4.69, 9.17) is 10.4 Å². The van der Waals surface area contributed by atoms with Gasteiger partial charge in [-0.3, -0.25) is 4.79 Å². The Morgan fingerprint density at radius 3 is 2.45 bits per heavy atom. The van der Waals surface area contributed by atoms with E-state index in [1.807, 2.05) is 0 Å². The quantitative estimate of drug-likeness (QED) is 0.883. The predicted octanol–water partition coefficient (Wildman–Crippen LogP) is 3.89. The number of carbonyl (C=O) groups is 1. The third-order valence-corrected chi connectivity index (χ3v) is 4.14. The summed E-state index contributed by atoms with van der Waals surface area (Å²) < 4.78 is 0. The van der Waals surface area contributed by atoms with Crippen LogP contribution in [0.15, 0.2) is 24.3 Å². The van der Waals surface area contributed by atoms with Gasteiger partial charge in [0.05, 0.1) is 18.4 Å². The molecule has 0 aliphatic heterocycles. The lowest BCUT2D eigenvalue weighted by Gasteiger charge is -2.22. The van der Waals surface area contributed by atoms with E-state index in [0.717, 1.165) is 5.56 Å². The van der Waals surface area contributed by atoms with Crippen LogP contribution in [-0.4, -0.2) is 11.1 Å². The normalized spacial score (nSPS) is 17.4. The van der Waals surface area contributed by atoms with E-state index in [1.165, 1.54) is 37.7 Å². The van der Waals surface area contributed by atoms with Crippen LogP contribution in [0.1, 0.15) is 55.6 Å². The van der Waals surface area contributed by atoms with E-state index in [0.29, 0.717) is 12.3 Å². The van der Waals surface area contributed by atoms with Crippen molar-refractivity contribution in [2.24, 2.45) is 5.92 Å². The van der Waals surface area contributed by atoms with Crippen LogP contribution in [-0.2, 0) is 11.2 Å². The first kappa shape index (κ1) is 14.6. The van der Waals surface area contributed by atoms with Crippen LogP contribution >= 0.6 is 0 Å². The highest BCUT2D eigenvalue weighted by Gasteiger charge is 2.16. The summed E-state index contributed by atoms with van der Waals surface area (Å²) in [5.74, 6) is -0.660. The second kappa shape index (κ2) is 7.09. The molecular formula is C17H21NO2. The largest absolute Gasteiger partial charge is 0.481 e. The maximum atomic E-state index is 10.7. The van der Waals surface area contributed by atoms with Gasteiger partial charge in [-0.15, -0.1) is 0 Å². The van der Waals surface area contributed by atoms with E-state index in [9.17, 15) is 4.79 Å². The predicted molar refractivity (Wildman–Crippen MR) is 77.3 cm³/mol. The summed E-state index contributed by atoms with van der Waals surface area (Å²) in [5.41, 5.74) is 2.44. The Hall–Kier alpha value is -1.82. The molecular weight excluding hydrogens is 250 g/mol. The van der Waals surface area contributed by atoms with Crippen molar-refractivity contribution in [2.75, 3.05) is 0 Å². The summed E-state index contributed by atoms with van der Waals surface area (Å²) >= 11 is 0. The van der Waals surface area contributed by atoms with Crippen molar-refractivity contribution in [3.63, 3.8) is 0 Å². The van der Waals surface area contributed by atoms with Gasteiger partial charge in [0.25, 0.3) is 0 Å². The lowest BCUT2D eigenvalue weighted by Crippen LogP contribution is -2.09. The first-order valence-electron chi connectivity index (χ1n) is 7.39. The number of nitrogens with zero attached hydrogens (tertiary/aromatic N) is 1. The van der Waals surface area contributed by atoms with Crippen LogP contribution in [0, 0.1) is 17.2 Å². The molecule has 20 heavy (non-hydrogen) atoms. The Bertz CT molecular complexity index is 481. The number of benzene rings is 1. The molecule has 1 atom stereocenters. The highest BCUT2D eigenvalue weighted by Crippen LogP contribution is 2.32. The molecule has 3 nitrogen and oxygen atoms in total. The maximum Gasteiger partial charge on any atom is 0.304 e. The minimum absolute atomic E-state index is 0.0825. The fraction of sp³-hybridized carbons (Fsp3) is 0.529. The maximum absolute atomic E-state index is 10.7. The fourth-order valence-electron chi connectivity index (χ4n) is 3.02. The van der Waals surface area contributed by atoms with Gasteiger partial charge in [0.1, 0.15) is 0 Å². The molecule has 1 aromatic rings. The summed E-state index contributed by atoms with van der Waals surface area (Å²) in [6.45, 7) is 0. The Kier molecular flexibility index (Phi) is 5.17. The number of hydrogen-bond acceptors (Lipinski definition) is 2. The molecule has 1 aliphatic carbocycles. The third kappa shape index (κ3) is 4.09. The van der Waals surface area contributed by atoms with Gasteiger partial charge in [-0.05, 0) is 36.3 Å². The zero-order valence-electron chi connectivity index (χ0n) is 11.7. The SMILES string of the molecule is N#CC(CC(=O)O)Cc1ccc(C2CCCCC2)cc1. The Morgan fingerprint density at radius 1 is 1.25 bits per heavy atom. The van der Waals surface area contributed by atoms with Gasteiger partial charge in [-0.2, -0.15) is 5.26 Å². The summed E-state index contributed by atoms with van der Waals surface area (Å²) in [7, 11) is 0. The average molecular weight is 271 g/mol. The van der Waals surface area contributed by atoms with Gasteiger partial charge >= 0.3 is 5.97 Å². The lowest BCUT2D eigenvalue weighted by molar-refractivity contribution is -0.137. The van der Waals surface area contributed by atoms with Crippen LogP contribution in [0.3, 0.4) is 0 Å². The first-order valence-corrected chi connectivity index (χ1v) is 7.39. The number of aliphatic carboxylic acids is 1. The number of carboxylic acids is 1. The molecule has 0 aromatic heterocycles. The van der Waals surface area contributed by atoms with Crippen molar-refractivity contribution < 1.29 is 9.90 Å². The Balaban J connectivity index is 1.97. The number of rotatable bonds is 5. The molecule has 0 saturated heterocycles. The highest BCUT2D eigenvalue weighted by molar-refractivity contribution is 5.67. The summed E-state index contributed by atoms with van der Waals surface area (Å²) in [6, 6.07) is 10.5. The topological polar surface area (TPSA) is 61.1 Å². The van der Waals surface area contributed by atoms with E-state index >= 15 is 0 Å². The minimum atomic E-state index is -0.907. The molecule has 1 aliphatic rings. The molecule has 1 fully saturated rings. The van der Waals surface area contributed by atoms with E-state index < -0.39 is 11.9 Å². The molecule has 2 rings (SSSR count). The van der Waals surface area contributed by atoms with Crippen molar-refractivity contribution in [2.45, 2.75) is 50.9 Å². The number of hydrogen-bond donors (Lipinski definition) is 1. The van der Waals surface area contributed by atoms with Crippen LogP contribution in [0.4, 0.5) is 0 Å². The third-order valence-electron chi connectivity index (χ3n) is 4.14. The van der Waals surface area contributed by atoms with Gasteiger partial charge in [-0.25, -0.2) is 0 Å². The second-order valence-electron chi connectivity index (χ2n) is 5.70. The van der Waals surface area contributed by atoms with Crippen LogP contribution in [0.25, 0.3) is 0 Å². The monoisotopic (exact) mass is 271 g/mol. The summed E-state index contributed by atoms with van der Waals surface area (Å²) in [5, 5.41) is 17.7. The van der Waals surface area contributed by atoms with Gasteiger partial charge in [-0.1, -0.05) is 43.5 Å². The summed E-state index contributed by atoms with van der Waals surface area (Å²) in [6.07, 6.45) is 6.99. The van der Waals surface area contributed by atoms with E-state index in [1.54, 1.807) is 0 Å². The molecule has 1 N–H and O–H groups in total. The van der Waals surface area contributed by atoms with Crippen molar-refractivity contribution in [3.8, 4) is 6.07 Å². The Labute approximate surface area is 120 Å². The molecule has 0 heterocycles. The van der Waals surface area contributed by atoms with Crippen LogP contribution < -0.4 is 0 Å². The first-order chi connectivity index (χ1) is 9.69. The molecule has 0 radical (unpaired) electrons. The molecule has 0 amide bonds. The molecule has 0 bridgehead atoms. The fourth-order valence-corrected chi connectivity index (χ4v) is 3.02. The highest BCUT2D eigenvalue weighted by atomic mass is 16.4. The minimum Gasteiger partial charge on any atom is -0.481 e. The van der Waals surface area contributed by atoms with Gasteiger partial charge in [0.15, 0.2) is 0 Å². The van der Waals surface area contributed by atoms with Gasteiger partial charge in [0, 0.05) is 0 Å². The molecule has 1 saturated carbocycles. The zero-order chi connectivity index (χ0) is 14.4. The Morgan fingerprint density at radius 2 is 1.90 bits per heavy atom.